The number of aromatic nitrogens is 3. The molecule has 43 heavy (non-hydrogen) atoms. The molecule has 0 amide bonds. The molecule has 0 atom stereocenters. The molecule has 0 fully saturated rings. The Hall–Kier alpha value is -4.74. The molecule has 5 heterocycles. The fraction of sp³-hybridized carbons (Fsp3) is 0. The third kappa shape index (κ3) is 3.37. The van der Waals surface area contributed by atoms with Crippen LogP contribution in [-0.2, 0) is 20.1 Å². The molecule has 6 heteroatoms. The Labute approximate surface area is 262 Å². The Kier molecular flexibility index (Phi) is 5.27. The second-order valence-corrected chi connectivity index (χ2v) is 11.7. The van der Waals surface area contributed by atoms with E-state index in [1.165, 1.54) is 37.3 Å². The number of rotatable bonds is 2. The molecule has 5 aromatic carbocycles. The Bertz CT molecular complexity index is 2710. The van der Waals surface area contributed by atoms with Crippen LogP contribution in [0.1, 0.15) is 0 Å². The van der Waals surface area contributed by atoms with Gasteiger partial charge < -0.3 is 8.98 Å². The van der Waals surface area contributed by atoms with Crippen LogP contribution in [0.2, 0.25) is 0 Å². The largest absolute Gasteiger partial charge is 0.456 e. The summed E-state index contributed by atoms with van der Waals surface area (Å²) in [5, 5.41) is 14.2. The second-order valence-electron chi connectivity index (χ2n) is 10.8. The van der Waals surface area contributed by atoms with Crippen LogP contribution in [0.5, 0.6) is 0 Å². The van der Waals surface area contributed by atoms with Crippen molar-refractivity contribution < 1.29 is 24.5 Å². The zero-order valence-corrected chi connectivity index (χ0v) is 25.8. The van der Waals surface area contributed by atoms with Crippen molar-refractivity contribution in [2.45, 2.75) is 0 Å². The van der Waals surface area contributed by atoms with Crippen molar-refractivity contribution in [1.82, 2.24) is 14.2 Å². The number of hydrogen-bond donors (Lipinski definition) is 0. The van der Waals surface area contributed by atoms with Gasteiger partial charge in [-0.1, -0.05) is 53.9 Å². The molecule has 1 radical (unpaired) electrons. The summed E-state index contributed by atoms with van der Waals surface area (Å²) in [5.74, 6) is 0. The third-order valence-electron chi connectivity index (χ3n) is 8.59. The van der Waals surface area contributed by atoms with Crippen LogP contribution in [0.3, 0.4) is 0 Å². The van der Waals surface area contributed by atoms with E-state index in [0.29, 0.717) is 0 Å². The Morgan fingerprint density at radius 3 is 2.44 bits per heavy atom. The topological polar surface area (TPSA) is 35.4 Å². The van der Waals surface area contributed by atoms with E-state index in [9.17, 15) is 0 Å². The summed E-state index contributed by atoms with van der Waals surface area (Å²) in [6.07, 6.45) is 2.01. The van der Waals surface area contributed by atoms with Gasteiger partial charge in [-0.15, -0.1) is 16.7 Å². The summed E-state index contributed by atoms with van der Waals surface area (Å²) in [4.78, 5) is 0. The summed E-state index contributed by atoms with van der Waals surface area (Å²) < 4.78 is 11.8. The van der Waals surface area contributed by atoms with E-state index in [-0.39, 0.29) is 20.1 Å². The predicted molar refractivity (Wildman–Crippen MR) is 174 cm³/mol. The van der Waals surface area contributed by atoms with Gasteiger partial charge in [0.1, 0.15) is 11.2 Å². The molecule has 0 aliphatic heterocycles. The zero-order chi connectivity index (χ0) is 27.4. The minimum absolute atomic E-state index is 0. The molecule has 0 aliphatic rings. The molecule has 10 rings (SSSR count). The van der Waals surface area contributed by atoms with Crippen molar-refractivity contribution in [2.75, 3.05) is 0 Å². The van der Waals surface area contributed by atoms with Gasteiger partial charge in [0, 0.05) is 57.6 Å². The van der Waals surface area contributed by atoms with Crippen LogP contribution < -0.4 is 0 Å². The molecule has 0 spiro atoms. The average Bonchev–Trinajstić information content (AvgIpc) is 3.83. The van der Waals surface area contributed by atoms with E-state index in [1.54, 1.807) is 11.3 Å². The van der Waals surface area contributed by atoms with Gasteiger partial charge in [0.25, 0.3) is 0 Å². The van der Waals surface area contributed by atoms with Crippen molar-refractivity contribution in [3.8, 4) is 16.8 Å². The smallest absolute Gasteiger partial charge is 0.135 e. The fourth-order valence-electron chi connectivity index (χ4n) is 6.74. The fourth-order valence-corrected chi connectivity index (χ4v) is 7.70. The third-order valence-corrected chi connectivity index (χ3v) is 9.51. The predicted octanol–water partition coefficient (Wildman–Crippen LogP) is 10.2. The van der Waals surface area contributed by atoms with Gasteiger partial charge in [-0.05, 0) is 58.9 Å². The van der Waals surface area contributed by atoms with Crippen LogP contribution >= 0.6 is 11.3 Å². The number of fused-ring (bicyclic) bond motifs is 12. The molecule has 0 aliphatic carbocycles. The number of para-hydroxylation sites is 3. The molecule has 4 nitrogen and oxygen atoms in total. The average molecular weight is 747 g/mol. The van der Waals surface area contributed by atoms with Gasteiger partial charge in [0.2, 0.25) is 0 Å². The molecule has 205 valence electrons. The first kappa shape index (κ1) is 24.8. The number of furan rings is 1. The van der Waals surface area contributed by atoms with E-state index >= 15 is 0 Å². The SMILES string of the molecule is [Ir].[c-]1cccc2c3ccsc3c3c(-c4ccc5c(c4)c4ccccc4n5-c4ccc5oc6ccccc6c5c4)cnn3c12. The van der Waals surface area contributed by atoms with Crippen molar-refractivity contribution in [3.05, 3.63) is 127 Å². The van der Waals surface area contributed by atoms with E-state index in [4.69, 9.17) is 9.52 Å². The minimum Gasteiger partial charge on any atom is -0.456 e. The van der Waals surface area contributed by atoms with Crippen molar-refractivity contribution in [3.63, 3.8) is 0 Å². The monoisotopic (exact) mass is 747 g/mol. The second kappa shape index (κ2) is 9.13. The summed E-state index contributed by atoms with van der Waals surface area (Å²) in [5.41, 5.74) is 9.71. The molecule has 10 aromatic rings. The Balaban J connectivity index is 0.00000260. The summed E-state index contributed by atoms with van der Waals surface area (Å²) >= 11 is 1.77. The van der Waals surface area contributed by atoms with Crippen LogP contribution in [0, 0.1) is 6.07 Å². The molecule has 0 unspecified atom stereocenters. The first-order valence-electron chi connectivity index (χ1n) is 14.0. The van der Waals surface area contributed by atoms with Gasteiger partial charge in [-0.3, -0.25) is 4.52 Å². The zero-order valence-electron chi connectivity index (χ0n) is 22.5. The van der Waals surface area contributed by atoms with Gasteiger partial charge in [0.15, 0.2) is 0 Å². The number of nitrogens with zero attached hydrogens (tertiary/aromatic N) is 3. The number of hydrogen-bond acceptors (Lipinski definition) is 3. The van der Waals surface area contributed by atoms with Gasteiger partial charge >= 0.3 is 0 Å². The molecule has 0 N–H and O–H groups in total. The Morgan fingerprint density at radius 1 is 0.674 bits per heavy atom. The molecule has 0 bridgehead atoms. The normalized spacial score (nSPS) is 12.0. The number of pyridine rings is 1. The molecule has 0 saturated carbocycles. The van der Waals surface area contributed by atoms with Crippen LogP contribution in [0.4, 0.5) is 0 Å². The number of benzene rings is 5. The van der Waals surface area contributed by atoms with Crippen LogP contribution in [0.25, 0.3) is 87.1 Å². The maximum atomic E-state index is 6.12. The maximum absolute atomic E-state index is 6.12. The summed E-state index contributed by atoms with van der Waals surface area (Å²) in [6.45, 7) is 0. The molecule has 5 aromatic heterocycles. The van der Waals surface area contributed by atoms with E-state index in [1.807, 2.05) is 30.5 Å². The summed E-state index contributed by atoms with van der Waals surface area (Å²) in [6, 6.07) is 42.0. The Morgan fingerprint density at radius 2 is 1.49 bits per heavy atom. The molecular weight excluding hydrogens is 727 g/mol. The minimum atomic E-state index is 0. The van der Waals surface area contributed by atoms with Crippen molar-refractivity contribution >= 4 is 81.6 Å². The molecular formula is C37H20IrN3OS-. The van der Waals surface area contributed by atoms with E-state index in [2.05, 4.69) is 105 Å². The van der Waals surface area contributed by atoms with Gasteiger partial charge in [-0.25, -0.2) is 0 Å². The van der Waals surface area contributed by atoms with E-state index < -0.39 is 0 Å². The standard InChI is InChI=1S/C37H20N3OS.Ir/c1-4-10-31-25(8-1)28-19-22(30-21-38-40-33-11-5-2-7-24(33)27-17-18-42-37(27)36(30)40)13-15-32(28)39(31)23-14-16-35-29(20-23)26-9-3-6-12-34(26)41-35;/h1-10,12-21H;/q-1;. The first-order valence-corrected chi connectivity index (χ1v) is 14.8. The van der Waals surface area contributed by atoms with Crippen molar-refractivity contribution in [2.24, 2.45) is 0 Å². The maximum Gasteiger partial charge on any atom is 0.135 e. The summed E-state index contributed by atoms with van der Waals surface area (Å²) in [7, 11) is 0. The quantitative estimate of drug-likeness (QED) is 0.165. The van der Waals surface area contributed by atoms with Crippen LogP contribution in [-0.4, -0.2) is 14.2 Å². The van der Waals surface area contributed by atoms with Crippen LogP contribution in [0.15, 0.2) is 125 Å². The number of thiophene rings is 1. The van der Waals surface area contributed by atoms with Crippen molar-refractivity contribution in [1.29, 1.82) is 0 Å². The van der Waals surface area contributed by atoms with E-state index in [0.717, 1.165) is 49.8 Å². The van der Waals surface area contributed by atoms with Gasteiger partial charge in [0.05, 0.1) is 22.7 Å². The molecule has 0 saturated heterocycles. The first-order chi connectivity index (χ1) is 20.8. The van der Waals surface area contributed by atoms with Gasteiger partial charge in [-0.2, -0.15) is 29.4 Å².